The SMILES string of the molecule is CCn1nc(Cn2cnc(CO)c2)c2ccccc21. The molecule has 19 heavy (non-hydrogen) atoms. The zero-order valence-electron chi connectivity index (χ0n) is 10.8. The molecule has 3 aromatic rings. The van der Waals surface area contributed by atoms with Crippen molar-refractivity contribution in [3.63, 3.8) is 0 Å². The van der Waals surface area contributed by atoms with Gasteiger partial charge < -0.3 is 9.67 Å². The Morgan fingerprint density at radius 2 is 2.11 bits per heavy atom. The molecule has 98 valence electrons. The maximum absolute atomic E-state index is 9.04. The van der Waals surface area contributed by atoms with Crippen molar-refractivity contribution >= 4 is 10.9 Å². The molecule has 0 fully saturated rings. The first-order chi connectivity index (χ1) is 9.31. The molecule has 0 atom stereocenters. The normalized spacial score (nSPS) is 11.3. The van der Waals surface area contributed by atoms with Gasteiger partial charge in [0, 0.05) is 18.1 Å². The number of aryl methyl sites for hydroxylation is 1. The van der Waals surface area contributed by atoms with Gasteiger partial charge >= 0.3 is 0 Å². The maximum atomic E-state index is 9.04. The topological polar surface area (TPSA) is 55.9 Å². The van der Waals surface area contributed by atoms with Gasteiger partial charge in [0.25, 0.3) is 0 Å². The molecule has 0 bridgehead atoms. The first kappa shape index (κ1) is 11.9. The van der Waals surface area contributed by atoms with Crippen LogP contribution in [0.25, 0.3) is 10.9 Å². The molecule has 0 spiro atoms. The van der Waals surface area contributed by atoms with Crippen LogP contribution in [0, 0.1) is 0 Å². The van der Waals surface area contributed by atoms with E-state index >= 15 is 0 Å². The number of hydrogen-bond donors (Lipinski definition) is 1. The van der Waals surface area contributed by atoms with E-state index in [1.807, 2.05) is 27.6 Å². The van der Waals surface area contributed by atoms with Gasteiger partial charge in [0.05, 0.1) is 36.4 Å². The molecule has 5 nitrogen and oxygen atoms in total. The van der Waals surface area contributed by atoms with Crippen LogP contribution >= 0.6 is 0 Å². The predicted octanol–water partition coefficient (Wildman–Crippen LogP) is 1.79. The number of rotatable bonds is 4. The number of para-hydroxylation sites is 1. The largest absolute Gasteiger partial charge is 0.390 e. The van der Waals surface area contributed by atoms with E-state index in [0.717, 1.165) is 17.8 Å². The third-order valence-electron chi connectivity index (χ3n) is 3.22. The van der Waals surface area contributed by atoms with Gasteiger partial charge in [-0.25, -0.2) is 4.98 Å². The van der Waals surface area contributed by atoms with Crippen LogP contribution in [0.2, 0.25) is 0 Å². The lowest BCUT2D eigenvalue weighted by Gasteiger charge is -1.98. The lowest BCUT2D eigenvalue weighted by Crippen LogP contribution is -2.00. The molecule has 3 rings (SSSR count). The van der Waals surface area contributed by atoms with Crippen LogP contribution in [0.1, 0.15) is 18.3 Å². The fourth-order valence-corrected chi connectivity index (χ4v) is 2.30. The molecular weight excluding hydrogens is 240 g/mol. The van der Waals surface area contributed by atoms with Crippen molar-refractivity contribution in [3.05, 3.63) is 48.2 Å². The Kier molecular flexibility index (Phi) is 3.05. The first-order valence-corrected chi connectivity index (χ1v) is 6.37. The minimum absolute atomic E-state index is 0.0306. The Morgan fingerprint density at radius 3 is 2.84 bits per heavy atom. The van der Waals surface area contributed by atoms with Gasteiger partial charge in [0.2, 0.25) is 0 Å². The van der Waals surface area contributed by atoms with Crippen LogP contribution in [0.4, 0.5) is 0 Å². The van der Waals surface area contributed by atoms with Crippen LogP contribution in [0.3, 0.4) is 0 Å². The van der Waals surface area contributed by atoms with E-state index in [1.165, 1.54) is 5.39 Å². The highest BCUT2D eigenvalue weighted by Gasteiger charge is 2.09. The fraction of sp³-hybridized carbons (Fsp3) is 0.286. The maximum Gasteiger partial charge on any atom is 0.0954 e. The van der Waals surface area contributed by atoms with Crippen LogP contribution < -0.4 is 0 Å². The third-order valence-corrected chi connectivity index (χ3v) is 3.22. The summed E-state index contributed by atoms with van der Waals surface area (Å²) in [5.74, 6) is 0. The first-order valence-electron chi connectivity index (χ1n) is 6.37. The van der Waals surface area contributed by atoms with Gasteiger partial charge in [-0.05, 0) is 13.0 Å². The lowest BCUT2D eigenvalue weighted by atomic mass is 10.2. The van der Waals surface area contributed by atoms with Crippen LogP contribution in [0.5, 0.6) is 0 Å². The minimum atomic E-state index is -0.0306. The van der Waals surface area contributed by atoms with Crippen molar-refractivity contribution in [2.45, 2.75) is 26.6 Å². The van der Waals surface area contributed by atoms with Crippen molar-refractivity contribution in [1.29, 1.82) is 0 Å². The lowest BCUT2D eigenvalue weighted by molar-refractivity contribution is 0.277. The van der Waals surface area contributed by atoms with E-state index < -0.39 is 0 Å². The average Bonchev–Trinajstić information content (AvgIpc) is 3.04. The summed E-state index contributed by atoms with van der Waals surface area (Å²) in [6.45, 7) is 3.58. The molecule has 0 amide bonds. The van der Waals surface area contributed by atoms with Crippen molar-refractivity contribution in [2.24, 2.45) is 0 Å². The Morgan fingerprint density at radius 1 is 1.26 bits per heavy atom. The zero-order chi connectivity index (χ0) is 13.2. The van der Waals surface area contributed by atoms with E-state index in [0.29, 0.717) is 12.2 Å². The standard InChI is InChI=1S/C14H16N4O/c1-2-18-14-6-4-3-5-12(14)13(16-18)8-17-7-11(9-19)15-10-17/h3-7,10,19H,2,8-9H2,1H3. The molecule has 0 aliphatic carbocycles. The van der Waals surface area contributed by atoms with E-state index in [4.69, 9.17) is 5.11 Å². The monoisotopic (exact) mass is 256 g/mol. The van der Waals surface area contributed by atoms with Crippen molar-refractivity contribution < 1.29 is 5.11 Å². The van der Waals surface area contributed by atoms with E-state index in [9.17, 15) is 0 Å². The van der Waals surface area contributed by atoms with Crippen molar-refractivity contribution in [1.82, 2.24) is 19.3 Å². The molecule has 5 heteroatoms. The molecule has 2 heterocycles. The number of hydrogen-bond acceptors (Lipinski definition) is 3. The number of benzene rings is 1. The zero-order valence-corrected chi connectivity index (χ0v) is 10.8. The second-order valence-corrected chi connectivity index (χ2v) is 4.48. The number of nitrogens with zero attached hydrogens (tertiary/aromatic N) is 4. The highest BCUT2D eigenvalue weighted by molar-refractivity contribution is 5.81. The second-order valence-electron chi connectivity index (χ2n) is 4.48. The molecule has 0 radical (unpaired) electrons. The Hall–Kier alpha value is -2.14. The number of aromatic nitrogens is 4. The Labute approximate surface area is 111 Å². The quantitative estimate of drug-likeness (QED) is 0.774. The summed E-state index contributed by atoms with van der Waals surface area (Å²) in [5.41, 5.74) is 2.86. The molecule has 0 aliphatic heterocycles. The second kappa shape index (κ2) is 4.85. The summed E-state index contributed by atoms with van der Waals surface area (Å²) in [6.07, 6.45) is 3.57. The smallest absolute Gasteiger partial charge is 0.0954 e. The van der Waals surface area contributed by atoms with E-state index in [1.54, 1.807) is 6.33 Å². The molecular formula is C14H16N4O. The molecule has 2 aromatic heterocycles. The molecule has 0 saturated carbocycles. The summed E-state index contributed by atoms with van der Waals surface area (Å²) in [5, 5.41) is 14.8. The van der Waals surface area contributed by atoms with Crippen LogP contribution in [-0.4, -0.2) is 24.4 Å². The average molecular weight is 256 g/mol. The van der Waals surface area contributed by atoms with Crippen molar-refractivity contribution in [3.8, 4) is 0 Å². The van der Waals surface area contributed by atoms with Gasteiger partial charge in [0.1, 0.15) is 0 Å². The molecule has 0 saturated heterocycles. The van der Waals surface area contributed by atoms with Gasteiger partial charge in [-0.1, -0.05) is 18.2 Å². The molecule has 1 aromatic carbocycles. The van der Waals surface area contributed by atoms with E-state index in [-0.39, 0.29) is 6.61 Å². The molecule has 0 unspecified atom stereocenters. The van der Waals surface area contributed by atoms with Crippen molar-refractivity contribution in [2.75, 3.05) is 0 Å². The van der Waals surface area contributed by atoms with Crippen LogP contribution in [0.15, 0.2) is 36.8 Å². The van der Waals surface area contributed by atoms with Gasteiger partial charge in [-0.2, -0.15) is 5.10 Å². The summed E-state index contributed by atoms with van der Waals surface area (Å²) >= 11 is 0. The van der Waals surface area contributed by atoms with E-state index in [2.05, 4.69) is 29.1 Å². The summed E-state index contributed by atoms with van der Waals surface area (Å²) < 4.78 is 3.95. The van der Waals surface area contributed by atoms with Gasteiger partial charge in [0.15, 0.2) is 0 Å². The summed E-state index contributed by atoms with van der Waals surface area (Å²) in [6, 6.07) is 8.23. The predicted molar refractivity (Wildman–Crippen MR) is 72.7 cm³/mol. The summed E-state index contributed by atoms with van der Waals surface area (Å²) in [4.78, 5) is 4.12. The summed E-state index contributed by atoms with van der Waals surface area (Å²) in [7, 11) is 0. The Bertz CT molecular complexity index is 698. The Balaban J connectivity index is 2.00. The molecule has 0 aliphatic rings. The van der Waals surface area contributed by atoms with Crippen LogP contribution in [-0.2, 0) is 19.7 Å². The highest BCUT2D eigenvalue weighted by Crippen LogP contribution is 2.19. The van der Waals surface area contributed by atoms with Gasteiger partial charge in [-0.15, -0.1) is 0 Å². The number of aliphatic hydroxyl groups is 1. The fourth-order valence-electron chi connectivity index (χ4n) is 2.30. The third kappa shape index (κ3) is 2.13. The highest BCUT2D eigenvalue weighted by atomic mass is 16.3. The number of aliphatic hydroxyl groups excluding tert-OH is 1. The minimum Gasteiger partial charge on any atom is -0.390 e. The number of fused-ring (bicyclic) bond motifs is 1. The van der Waals surface area contributed by atoms with Gasteiger partial charge in [-0.3, -0.25) is 4.68 Å². The number of imidazole rings is 1. The molecule has 1 N–H and O–H groups in total.